The Morgan fingerprint density at radius 2 is 0.767 bits per heavy atom. The van der Waals surface area contributed by atoms with Crippen LogP contribution in [0.4, 0.5) is 0 Å². The molecule has 30 heavy (non-hydrogen) atoms. The smallest absolute Gasteiger partial charge is 0.195 e. The van der Waals surface area contributed by atoms with Gasteiger partial charge in [0.25, 0.3) is 10.3 Å². The van der Waals surface area contributed by atoms with E-state index >= 15 is 0 Å². The van der Waals surface area contributed by atoms with E-state index in [4.69, 9.17) is 0 Å². The molecule has 0 amide bonds. The summed E-state index contributed by atoms with van der Waals surface area (Å²) in [5, 5.41) is 4.12. The first-order valence-electron chi connectivity index (χ1n) is 10.1. The Kier molecular flexibility index (Phi) is 6.86. The molecule has 0 aliphatic rings. The minimum absolute atomic E-state index is 1.22. The van der Waals surface area contributed by atoms with E-state index in [0.717, 1.165) is 0 Å². The van der Waals surface area contributed by atoms with Gasteiger partial charge in [-0.15, -0.1) is 0 Å². The Labute approximate surface area is 186 Å². The van der Waals surface area contributed by atoms with Crippen LogP contribution in [0.1, 0.15) is 0 Å². The van der Waals surface area contributed by atoms with E-state index in [9.17, 15) is 0 Å². The van der Waals surface area contributed by atoms with Gasteiger partial charge in [0.2, 0.25) is 5.38 Å². The third kappa shape index (κ3) is 4.28. The molecule has 0 N–H and O–H groups in total. The van der Waals surface area contributed by atoms with Crippen LogP contribution in [0.3, 0.4) is 0 Å². The largest absolute Gasteiger partial charge is 0.291 e. The van der Waals surface area contributed by atoms with Crippen molar-refractivity contribution in [2.45, 2.75) is 0 Å². The normalized spacial score (nSPS) is 10.7. The SMILES string of the molecule is c1ccc([B-](c2ccccc2)(c2ccccc2)c2ccccc2)cc1.c1cs[s+]c1. The van der Waals surface area contributed by atoms with Crippen LogP contribution in [-0.4, -0.2) is 6.15 Å². The maximum absolute atomic E-state index is 2.26. The van der Waals surface area contributed by atoms with Crippen LogP contribution in [-0.2, 0) is 0 Å². The van der Waals surface area contributed by atoms with Gasteiger partial charge in [0.05, 0.1) is 5.38 Å². The molecule has 0 atom stereocenters. The van der Waals surface area contributed by atoms with E-state index in [1.807, 2.05) is 6.07 Å². The summed E-state index contributed by atoms with van der Waals surface area (Å²) in [6.07, 6.45) is -1.22. The third-order valence-electron chi connectivity index (χ3n) is 5.52. The zero-order chi connectivity index (χ0) is 20.5. The van der Waals surface area contributed by atoms with Crippen LogP contribution in [0, 0.1) is 0 Å². The van der Waals surface area contributed by atoms with Crippen molar-refractivity contribution in [1.82, 2.24) is 0 Å². The fraction of sp³-hybridized carbons (Fsp3) is 0. The lowest BCUT2D eigenvalue weighted by Gasteiger charge is -2.44. The van der Waals surface area contributed by atoms with Crippen molar-refractivity contribution in [2.75, 3.05) is 0 Å². The molecule has 0 aliphatic carbocycles. The first kappa shape index (κ1) is 20.3. The topological polar surface area (TPSA) is 0 Å². The van der Waals surface area contributed by atoms with E-state index in [1.165, 1.54) is 21.9 Å². The molecule has 0 bridgehead atoms. The summed E-state index contributed by atoms with van der Waals surface area (Å²) >= 11 is 0. The second kappa shape index (κ2) is 10.2. The second-order valence-electron chi connectivity index (χ2n) is 7.17. The molecule has 0 saturated heterocycles. The fourth-order valence-corrected chi connectivity index (χ4v) is 5.56. The second-order valence-corrected chi connectivity index (χ2v) is 9.25. The highest BCUT2D eigenvalue weighted by Crippen LogP contribution is 2.09. The Morgan fingerprint density at radius 1 is 0.433 bits per heavy atom. The van der Waals surface area contributed by atoms with Crippen molar-refractivity contribution < 1.29 is 0 Å². The minimum Gasteiger partial charge on any atom is -0.195 e. The Balaban J connectivity index is 0.000000383. The fourth-order valence-electron chi connectivity index (χ4n) is 4.28. The molecule has 0 fully saturated rings. The van der Waals surface area contributed by atoms with Gasteiger partial charge in [-0.3, -0.25) is 0 Å². The number of hydrogen-bond donors (Lipinski definition) is 0. The van der Waals surface area contributed by atoms with E-state index in [0.29, 0.717) is 0 Å². The van der Waals surface area contributed by atoms with Crippen LogP contribution in [0.5, 0.6) is 0 Å². The molecular formula is C27H23BS2. The zero-order valence-electron chi connectivity index (χ0n) is 16.7. The van der Waals surface area contributed by atoms with Crippen LogP contribution < -0.4 is 21.9 Å². The first-order chi connectivity index (χ1) is 14.9. The summed E-state index contributed by atoms with van der Waals surface area (Å²) in [4.78, 5) is 0. The van der Waals surface area contributed by atoms with E-state index in [2.05, 4.69) is 132 Å². The molecule has 0 saturated carbocycles. The van der Waals surface area contributed by atoms with Gasteiger partial charge in [0.1, 0.15) is 6.15 Å². The molecular weight excluding hydrogens is 399 g/mol. The summed E-state index contributed by atoms with van der Waals surface area (Å²) in [7, 11) is 3.51. The van der Waals surface area contributed by atoms with Crippen molar-refractivity contribution in [1.29, 1.82) is 0 Å². The maximum Gasteiger partial charge on any atom is 0.291 e. The first-order valence-corrected chi connectivity index (χ1v) is 12.4. The van der Waals surface area contributed by atoms with Gasteiger partial charge in [-0.1, -0.05) is 121 Å². The average molecular weight is 422 g/mol. The van der Waals surface area contributed by atoms with Crippen LogP contribution >= 0.6 is 20.7 Å². The van der Waals surface area contributed by atoms with Gasteiger partial charge >= 0.3 is 0 Å². The lowest BCUT2D eigenvalue weighted by molar-refractivity contribution is 1.66. The Bertz CT molecular complexity index is 930. The van der Waals surface area contributed by atoms with Crippen LogP contribution in [0.2, 0.25) is 0 Å². The van der Waals surface area contributed by atoms with Gasteiger partial charge in [0.15, 0.2) is 10.3 Å². The summed E-state index contributed by atoms with van der Waals surface area (Å²) in [5.74, 6) is 0. The standard InChI is InChI=1S/C24H20B.C3H3S2/c1-5-13-21(14-6-1)25(22-15-7-2-8-16-22,23-17-9-3-10-18-23)24-19-11-4-12-20-24;1-2-4-5-3-1/h1-20H;1-3H/q-1;+1. The molecule has 3 heteroatoms. The number of rotatable bonds is 4. The Morgan fingerprint density at radius 3 is 0.967 bits per heavy atom. The maximum atomic E-state index is 2.26. The third-order valence-corrected chi connectivity index (χ3v) is 7.17. The molecule has 0 nitrogen and oxygen atoms in total. The monoisotopic (exact) mass is 422 g/mol. The van der Waals surface area contributed by atoms with E-state index in [-0.39, 0.29) is 0 Å². The summed E-state index contributed by atoms with van der Waals surface area (Å²) < 4.78 is 0. The molecule has 0 unspecified atom stereocenters. The molecule has 1 heterocycles. The van der Waals surface area contributed by atoms with Crippen molar-refractivity contribution in [2.24, 2.45) is 0 Å². The highest BCUT2D eigenvalue weighted by Gasteiger charge is 2.30. The highest BCUT2D eigenvalue weighted by atomic mass is 32.9. The van der Waals surface area contributed by atoms with Crippen LogP contribution in [0.25, 0.3) is 0 Å². The van der Waals surface area contributed by atoms with Crippen molar-refractivity contribution >= 4 is 48.7 Å². The van der Waals surface area contributed by atoms with Crippen molar-refractivity contribution in [3.8, 4) is 0 Å². The summed E-state index contributed by atoms with van der Waals surface area (Å²) in [6.45, 7) is 0. The molecule has 4 aromatic carbocycles. The molecule has 0 radical (unpaired) electrons. The minimum atomic E-state index is -1.22. The van der Waals surface area contributed by atoms with Crippen molar-refractivity contribution in [3.63, 3.8) is 0 Å². The number of benzene rings is 4. The van der Waals surface area contributed by atoms with Crippen LogP contribution in [0.15, 0.2) is 138 Å². The van der Waals surface area contributed by atoms with Crippen molar-refractivity contribution in [3.05, 3.63) is 138 Å². The molecule has 0 aliphatic heterocycles. The lowest BCUT2D eigenvalue weighted by Crippen LogP contribution is -2.74. The number of hydrogen-bond acceptors (Lipinski definition) is 1. The van der Waals surface area contributed by atoms with Gasteiger partial charge in [-0.25, -0.2) is 0 Å². The molecule has 5 aromatic rings. The quantitative estimate of drug-likeness (QED) is 0.213. The molecule has 1 aromatic heterocycles. The van der Waals surface area contributed by atoms with E-state index in [1.54, 1.807) is 20.7 Å². The highest BCUT2D eigenvalue weighted by molar-refractivity contribution is 7.67. The van der Waals surface area contributed by atoms with Gasteiger partial charge in [-0.05, 0) is 0 Å². The predicted molar refractivity (Wildman–Crippen MR) is 137 cm³/mol. The molecule has 0 spiro atoms. The van der Waals surface area contributed by atoms with E-state index < -0.39 is 6.15 Å². The lowest BCUT2D eigenvalue weighted by atomic mass is 9.13. The summed E-state index contributed by atoms with van der Waals surface area (Å²) in [6, 6.07) is 45.6. The summed E-state index contributed by atoms with van der Waals surface area (Å²) in [5.41, 5.74) is 5.36. The Hall–Kier alpha value is -3.01. The molecule has 146 valence electrons. The zero-order valence-corrected chi connectivity index (χ0v) is 18.3. The molecule has 5 rings (SSSR count). The van der Waals surface area contributed by atoms with Gasteiger partial charge in [-0.2, -0.15) is 21.9 Å². The predicted octanol–water partition coefficient (Wildman–Crippen LogP) is 5.15. The average Bonchev–Trinajstić information content (AvgIpc) is 3.43. The van der Waals surface area contributed by atoms with Gasteiger partial charge < -0.3 is 0 Å². The van der Waals surface area contributed by atoms with Gasteiger partial charge in [0, 0.05) is 6.07 Å².